The third kappa shape index (κ3) is 3.78. The minimum Gasteiger partial charge on any atom is -0.444 e. The highest BCUT2D eigenvalue weighted by Gasteiger charge is 2.34. The quantitative estimate of drug-likeness (QED) is 0.766. The summed E-state index contributed by atoms with van der Waals surface area (Å²) >= 11 is 0. The molecular formula is C22H28N4O4. The number of carbonyl (C=O) groups is 3. The van der Waals surface area contributed by atoms with Crippen LogP contribution >= 0.6 is 0 Å². The van der Waals surface area contributed by atoms with Crippen LogP contribution in [0.4, 0.5) is 4.79 Å². The summed E-state index contributed by atoms with van der Waals surface area (Å²) in [7, 11) is 1.88. The van der Waals surface area contributed by atoms with Crippen LogP contribution in [0, 0.1) is 0 Å². The number of hydrogen-bond acceptors (Lipinski definition) is 5. The van der Waals surface area contributed by atoms with Crippen LogP contribution in [0.1, 0.15) is 63.1 Å². The van der Waals surface area contributed by atoms with Crippen LogP contribution in [0.5, 0.6) is 0 Å². The highest BCUT2D eigenvalue weighted by Crippen LogP contribution is 2.36. The number of nitrogens with zero attached hydrogens (tertiary/aromatic N) is 3. The number of hydrogen-bond donors (Lipinski definition) is 1. The third-order valence-corrected chi connectivity index (χ3v) is 5.77. The van der Waals surface area contributed by atoms with Crippen molar-refractivity contribution in [3.8, 4) is 0 Å². The molecule has 0 bridgehead atoms. The molecule has 2 aliphatic rings. The number of fused-ring (bicyclic) bond motifs is 1. The lowest BCUT2D eigenvalue weighted by atomic mass is 9.90. The first-order valence-corrected chi connectivity index (χ1v) is 10.4. The third-order valence-electron chi connectivity index (χ3n) is 5.77. The summed E-state index contributed by atoms with van der Waals surface area (Å²) in [5.74, 6) is -0.770. The highest BCUT2D eigenvalue weighted by molar-refractivity contribution is 6.02. The van der Waals surface area contributed by atoms with Crippen LogP contribution in [0.15, 0.2) is 18.2 Å². The zero-order valence-electron chi connectivity index (χ0n) is 17.9. The predicted molar refractivity (Wildman–Crippen MR) is 111 cm³/mol. The van der Waals surface area contributed by atoms with Gasteiger partial charge in [0.15, 0.2) is 0 Å². The Balaban J connectivity index is 1.62. The van der Waals surface area contributed by atoms with Crippen molar-refractivity contribution in [1.82, 2.24) is 20.0 Å². The summed E-state index contributed by atoms with van der Waals surface area (Å²) in [5, 5.41) is 8.02. The standard InChI is InChI=1S/C22H28N4O4/c1-22(2,3)30-21(29)26-11-10-13(12-26)14-6-5-7-15-18(24-25(4)19(14)15)16-8-9-17(27)23-20(16)28/h5-7,13,16H,8-12H2,1-4H3,(H,23,27,28)/t13-,16?/m0/s1. The molecule has 8 nitrogen and oxygen atoms in total. The summed E-state index contributed by atoms with van der Waals surface area (Å²) in [4.78, 5) is 38.1. The normalized spacial score (nSPS) is 22.5. The predicted octanol–water partition coefficient (Wildman–Crippen LogP) is 2.82. The SMILES string of the molecule is Cn1nc(C2CCC(=O)NC2=O)c2cccc([C@H]3CCN(C(=O)OC(C)(C)C)C3)c21. The second kappa shape index (κ2) is 7.41. The Morgan fingerprint density at radius 2 is 2.00 bits per heavy atom. The fourth-order valence-electron chi connectivity index (χ4n) is 4.44. The number of nitrogens with one attached hydrogen (secondary N) is 1. The molecule has 1 aromatic carbocycles. The van der Waals surface area contributed by atoms with Crippen molar-refractivity contribution in [2.45, 2.75) is 57.5 Å². The molecule has 0 aliphatic carbocycles. The van der Waals surface area contributed by atoms with Crippen LogP contribution in [0.2, 0.25) is 0 Å². The number of ether oxygens (including phenoxy) is 1. The Labute approximate surface area is 175 Å². The largest absolute Gasteiger partial charge is 0.444 e. The zero-order chi connectivity index (χ0) is 21.6. The monoisotopic (exact) mass is 412 g/mol. The van der Waals surface area contributed by atoms with Crippen LogP contribution in [-0.2, 0) is 21.4 Å². The minimum atomic E-state index is -0.520. The van der Waals surface area contributed by atoms with E-state index in [1.165, 1.54) is 0 Å². The first-order chi connectivity index (χ1) is 14.1. The van der Waals surface area contributed by atoms with Gasteiger partial charge in [0.25, 0.3) is 0 Å². The van der Waals surface area contributed by atoms with Crippen molar-refractivity contribution < 1.29 is 19.1 Å². The van der Waals surface area contributed by atoms with E-state index in [1.54, 1.807) is 4.90 Å². The van der Waals surface area contributed by atoms with Crippen molar-refractivity contribution in [3.05, 3.63) is 29.5 Å². The molecule has 2 fully saturated rings. The number of aryl methyl sites for hydroxylation is 1. The molecule has 0 spiro atoms. The molecule has 3 amide bonds. The van der Waals surface area contributed by atoms with Gasteiger partial charge in [0.05, 0.1) is 17.1 Å². The van der Waals surface area contributed by atoms with Crippen molar-refractivity contribution >= 4 is 28.8 Å². The fraction of sp³-hybridized carbons (Fsp3) is 0.545. The second-order valence-corrected chi connectivity index (χ2v) is 9.17. The second-order valence-electron chi connectivity index (χ2n) is 9.17. The Morgan fingerprint density at radius 3 is 2.70 bits per heavy atom. The molecule has 1 unspecified atom stereocenters. The van der Waals surface area contributed by atoms with Gasteiger partial charge in [-0.25, -0.2) is 4.79 Å². The van der Waals surface area contributed by atoms with Crippen LogP contribution < -0.4 is 5.32 Å². The number of aromatic nitrogens is 2. The maximum atomic E-state index is 12.5. The Bertz CT molecular complexity index is 1020. The van der Waals surface area contributed by atoms with Gasteiger partial charge in [0.2, 0.25) is 11.8 Å². The van der Waals surface area contributed by atoms with E-state index in [1.807, 2.05) is 44.6 Å². The number of para-hydroxylation sites is 1. The molecule has 0 radical (unpaired) electrons. The van der Waals surface area contributed by atoms with Gasteiger partial charge in [0, 0.05) is 37.9 Å². The minimum absolute atomic E-state index is 0.172. The van der Waals surface area contributed by atoms with Crippen LogP contribution in [0.3, 0.4) is 0 Å². The van der Waals surface area contributed by atoms with Gasteiger partial charge in [-0.15, -0.1) is 0 Å². The number of carbonyl (C=O) groups excluding carboxylic acids is 3. The lowest BCUT2D eigenvalue weighted by Crippen LogP contribution is -2.39. The Morgan fingerprint density at radius 1 is 1.23 bits per heavy atom. The summed E-state index contributed by atoms with van der Waals surface area (Å²) < 4.78 is 7.34. The lowest BCUT2D eigenvalue weighted by Gasteiger charge is -2.24. The van der Waals surface area contributed by atoms with Crippen LogP contribution in [0.25, 0.3) is 10.9 Å². The average molecular weight is 412 g/mol. The van der Waals surface area contributed by atoms with E-state index in [-0.39, 0.29) is 23.8 Å². The smallest absolute Gasteiger partial charge is 0.410 e. The topological polar surface area (TPSA) is 93.5 Å². The highest BCUT2D eigenvalue weighted by atomic mass is 16.6. The molecule has 2 saturated heterocycles. The number of likely N-dealkylation sites (tertiary alicyclic amines) is 1. The molecule has 160 valence electrons. The molecule has 4 rings (SSSR count). The number of imide groups is 1. The van der Waals surface area contributed by atoms with E-state index in [2.05, 4.69) is 16.5 Å². The van der Waals surface area contributed by atoms with Gasteiger partial charge in [-0.3, -0.25) is 19.6 Å². The first kappa shape index (κ1) is 20.4. The Kier molecular flexibility index (Phi) is 5.03. The van der Waals surface area contributed by atoms with E-state index in [4.69, 9.17) is 4.74 Å². The molecule has 0 saturated carbocycles. The first-order valence-electron chi connectivity index (χ1n) is 10.4. The zero-order valence-corrected chi connectivity index (χ0v) is 17.9. The van der Waals surface area contributed by atoms with E-state index in [0.29, 0.717) is 31.6 Å². The molecular weight excluding hydrogens is 384 g/mol. The molecule has 30 heavy (non-hydrogen) atoms. The van der Waals surface area contributed by atoms with Gasteiger partial charge in [0.1, 0.15) is 5.60 Å². The van der Waals surface area contributed by atoms with Crippen LogP contribution in [-0.4, -0.2) is 51.3 Å². The van der Waals surface area contributed by atoms with Crippen molar-refractivity contribution in [2.75, 3.05) is 13.1 Å². The van der Waals surface area contributed by atoms with Gasteiger partial charge >= 0.3 is 6.09 Å². The maximum Gasteiger partial charge on any atom is 0.410 e. The van der Waals surface area contributed by atoms with Gasteiger partial charge < -0.3 is 9.64 Å². The molecule has 1 N–H and O–H groups in total. The molecule has 2 aromatic rings. The molecule has 8 heteroatoms. The van der Waals surface area contributed by atoms with Gasteiger partial charge in [-0.05, 0) is 39.2 Å². The van der Waals surface area contributed by atoms with Crippen molar-refractivity contribution in [2.24, 2.45) is 7.05 Å². The summed E-state index contributed by atoms with van der Waals surface area (Å²) in [6.45, 7) is 6.84. The number of benzene rings is 1. The Hall–Kier alpha value is -2.90. The fourth-order valence-corrected chi connectivity index (χ4v) is 4.44. The summed E-state index contributed by atoms with van der Waals surface area (Å²) in [5.41, 5.74) is 2.29. The molecule has 2 aliphatic heterocycles. The average Bonchev–Trinajstić information content (AvgIpc) is 3.26. The van der Waals surface area contributed by atoms with Crippen molar-refractivity contribution in [3.63, 3.8) is 0 Å². The van der Waals surface area contributed by atoms with E-state index < -0.39 is 11.5 Å². The lowest BCUT2D eigenvalue weighted by molar-refractivity contribution is -0.134. The molecule has 1 aromatic heterocycles. The summed E-state index contributed by atoms with van der Waals surface area (Å²) in [6, 6.07) is 6.03. The van der Waals surface area contributed by atoms with E-state index >= 15 is 0 Å². The van der Waals surface area contributed by atoms with Gasteiger partial charge in [-0.1, -0.05) is 18.2 Å². The number of rotatable bonds is 2. The number of amides is 3. The maximum absolute atomic E-state index is 12.5. The molecule has 2 atom stereocenters. The number of piperidine rings is 1. The van der Waals surface area contributed by atoms with E-state index in [0.717, 1.165) is 22.9 Å². The molecule has 3 heterocycles. The summed E-state index contributed by atoms with van der Waals surface area (Å²) in [6.07, 6.45) is 1.35. The van der Waals surface area contributed by atoms with E-state index in [9.17, 15) is 14.4 Å². The van der Waals surface area contributed by atoms with Crippen molar-refractivity contribution in [1.29, 1.82) is 0 Å². The van der Waals surface area contributed by atoms with Gasteiger partial charge in [-0.2, -0.15) is 5.10 Å².